The van der Waals surface area contributed by atoms with Crippen LogP contribution in [0.4, 0.5) is 0 Å². The van der Waals surface area contributed by atoms with E-state index in [9.17, 15) is 9.59 Å². The van der Waals surface area contributed by atoms with Crippen LogP contribution in [-0.4, -0.2) is 24.6 Å². The molecular weight excluding hydrogens is 354 g/mol. The van der Waals surface area contributed by atoms with Gasteiger partial charge in [0.25, 0.3) is 5.91 Å². The molecule has 0 bridgehead atoms. The fraction of sp³-hybridized carbons (Fsp3) is 0.300. The van der Waals surface area contributed by atoms with E-state index >= 15 is 0 Å². The summed E-state index contributed by atoms with van der Waals surface area (Å²) in [6, 6.07) is 12.9. The number of hydrogen-bond donors (Lipinski definition) is 1. The first kappa shape index (κ1) is 19.8. The highest BCUT2D eigenvalue weighted by atomic mass is 35.5. The van der Waals surface area contributed by atoms with Crippen LogP contribution in [0.2, 0.25) is 5.02 Å². The lowest BCUT2D eigenvalue weighted by Crippen LogP contribution is -2.36. The van der Waals surface area contributed by atoms with Gasteiger partial charge in [-0.25, -0.2) is 4.79 Å². The van der Waals surface area contributed by atoms with E-state index in [0.717, 1.165) is 16.7 Å². The Kier molecular flexibility index (Phi) is 7.04. The van der Waals surface area contributed by atoms with Gasteiger partial charge in [0.2, 0.25) is 0 Å². The van der Waals surface area contributed by atoms with Gasteiger partial charge in [0.15, 0.2) is 12.7 Å². The molecule has 2 rings (SSSR count). The van der Waals surface area contributed by atoms with Crippen LogP contribution in [-0.2, 0) is 20.9 Å². The molecule has 1 N–H and O–H groups in total. The molecule has 0 heterocycles. The van der Waals surface area contributed by atoms with Crippen molar-refractivity contribution in [2.24, 2.45) is 0 Å². The van der Waals surface area contributed by atoms with Crippen LogP contribution in [0.25, 0.3) is 0 Å². The largest absolute Gasteiger partial charge is 0.482 e. The van der Waals surface area contributed by atoms with Gasteiger partial charge in [-0.1, -0.05) is 41.4 Å². The number of carbonyl (C=O) groups excluding carboxylic acids is 2. The standard InChI is InChI=1S/C20H22ClNO4/c1-13-4-6-16(7-5-13)11-22-20(24)15(3)26-19(23)12-25-18-9-8-17(21)10-14(18)2/h4-10,15H,11-12H2,1-3H3,(H,22,24). The third kappa shape index (κ3) is 6.08. The molecule has 1 atom stereocenters. The predicted molar refractivity (Wildman–Crippen MR) is 100 cm³/mol. The Bertz CT molecular complexity index is 774. The Morgan fingerprint density at radius 1 is 1.12 bits per heavy atom. The topological polar surface area (TPSA) is 64.6 Å². The van der Waals surface area contributed by atoms with E-state index in [1.807, 2.05) is 38.1 Å². The molecule has 2 aromatic rings. The lowest BCUT2D eigenvalue weighted by Gasteiger charge is -2.14. The summed E-state index contributed by atoms with van der Waals surface area (Å²) in [4.78, 5) is 23.9. The number of esters is 1. The van der Waals surface area contributed by atoms with Crippen molar-refractivity contribution in [2.75, 3.05) is 6.61 Å². The van der Waals surface area contributed by atoms with Crippen molar-refractivity contribution in [1.29, 1.82) is 0 Å². The maximum atomic E-state index is 12.0. The van der Waals surface area contributed by atoms with Crippen molar-refractivity contribution in [3.63, 3.8) is 0 Å². The number of halogens is 1. The number of benzene rings is 2. The third-order valence-corrected chi connectivity index (χ3v) is 3.98. The van der Waals surface area contributed by atoms with Crippen LogP contribution in [0, 0.1) is 13.8 Å². The number of aryl methyl sites for hydroxylation is 2. The molecule has 0 spiro atoms. The smallest absolute Gasteiger partial charge is 0.344 e. The third-order valence-electron chi connectivity index (χ3n) is 3.75. The number of hydrogen-bond acceptors (Lipinski definition) is 4. The average Bonchev–Trinajstić information content (AvgIpc) is 2.60. The summed E-state index contributed by atoms with van der Waals surface area (Å²) in [5, 5.41) is 3.33. The Morgan fingerprint density at radius 3 is 2.46 bits per heavy atom. The number of carbonyl (C=O) groups is 2. The van der Waals surface area contributed by atoms with E-state index in [-0.39, 0.29) is 12.5 Å². The minimum Gasteiger partial charge on any atom is -0.482 e. The Hall–Kier alpha value is -2.53. The second-order valence-corrected chi connectivity index (χ2v) is 6.47. The number of amides is 1. The number of ether oxygens (including phenoxy) is 2. The quantitative estimate of drug-likeness (QED) is 0.751. The molecule has 1 unspecified atom stereocenters. The van der Waals surface area contributed by atoms with Gasteiger partial charge >= 0.3 is 5.97 Å². The fourth-order valence-electron chi connectivity index (χ4n) is 2.23. The molecule has 6 heteroatoms. The van der Waals surface area contributed by atoms with Gasteiger partial charge in [0.1, 0.15) is 5.75 Å². The van der Waals surface area contributed by atoms with Gasteiger partial charge in [0.05, 0.1) is 0 Å². The second kappa shape index (κ2) is 9.25. The van der Waals surface area contributed by atoms with E-state index in [4.69, 9.17) is 21.1 Å². The molecule has 0 aromatic heterocycles. The van der Waals surface area contributed by atoms with Crippen LogP contribution in [0.15, 0.2) is 42.5 Å². The number of nitrogens with one attached hydrogen (secondary N) is 1. The molecule has 2 aromatic carbocycles. The van der Waals surface area contributed by atoms with Gasteiger partial charge < -0.3 is 14.8 Å². The fourth-order valence-corrected chi connectivity index (χ4v) is 2.46. The van der Waals surface area contributed by atoms with Crippen molar-refractivity contribution in [2.45, 2.75) is 33.4 Å². The lowest BCUT2D eigenvalue weighted by molar-refractivity contribution is -0.156. The monoisotopic (exact) mass is 375 g/mol. The zero-order valence-electron chi connectivity index (χ0n) is 15.0. The van der Waals surface area contributed by atoms with Gasteiger partial charge in [-0.2, -0.15) is 0 Å². The van der Waals surface area contributed by atoms with Crippen molar-refractivity contribution < 1.29 is 19.1 Å². The first-order valence-electron chi connectivity index (χ1n) is 8.27. The summed E-state index contributed by atoms with van der Waals surface area (Å²) in [5.74, 6) is -0.429. The summed E-state index contributed by atoms with van der Waals surface area (Å²) in [7, 11) is 0. The lowest BCUT2D eigenvalue weighted by atomic mass is 10.1. The molecule has 0 saturated carbocycles. The maximum Gasteiger partial charge on any atom is 0.344 e. The van der Waals surface area contributed by atoms with Crippen LogP contribution in [0.1, 0.15) is 23.6 Å². The van der Waals surface area contributed by atoms with Crippen LogP contribution in [0.3, 0.4) is 0 Å². The highest BCUT2D eigenvalue weighted by Crippen LogP contribution is 2.21. The molecule has 1 amide bonds. The van der Waals surface area contributed by atoms with Crippen molar-refractivity contribution in [1.82, 2.24) is 5.32 Å². The van der Waals surface area contributed by atoms with Crippen molar-refractivity contribution >= 4 is 23.5 Å². The first-order valence-corrected chi connectivity index (χ1v) is 8.64. The minimum atomic E-state index is -0.900. The van der Waals surface area contributed by atoms with Gasteiger partial charge in [-0.05, 0) is 50.1 Å². The summed E-state index contributed by atoms with van der Waals surface area (Å²) in [6.45, 7) is 5.45. The Morgan fingerprint density at radius 2 is 1.81 bits per heavy atom. The molecule has 138 valence electrons. The van der Waals surface area contributed by atoms with Crippen LogP contribution < -0.4 is 10.1 Å². The summed E-state index contributed by atoms with van der Waals surface area (Å²) in [5.41, 5.74) is 2.94. The molecule has 0 fully saturated rings. The first-order chi connectivity index (χ1) is 12.3. The van der Waals surface area contributed by atoms with Gasteiger partial charge in [-0.15, -0.1) is 0 Å². The van der Waals surface area contributed by atoms with Crippen LogP contribution in [0.5, 0.6) is 5.75 Å². The van der Waals surface area contributed by atoms with Crippen molar-refractivity contribution in [3.05, 3.63) is 64.2 Å². The van der Waals surface area contributed by atoms with Crippen LogP contribution >= 0.6 is 11.6 Å². The average molecular weight is 376 g/mol. The molecule has 0 aliphatic heterocycles. The van der Waals surface area contributed by atoms with E-state index in [2.05, 4.69) is 5.32 Å². The summed E-state index contributed by atoms with van der Waals surface area (Å²) < 4.78 is 10.5. The Labute approximate surface area is 158 Å². The highest BCUT2D eigenvalue weighted by Gasteiger charge is 2.18. The summed E-state index contributed by atoms with van der Waals surface area (Å²) >= 11 is 5.87. The van der Waals surface area contributed by atoms with E-state index in [1.165, 1.54) is 6.92 Å². The molecule has 0 saturated heterocycles. The number of rotatable bonds is 7. The molecule has 0 aliphatic carbocycles. The summed E-state index contributed by atoms with van der Waals surface area (Å²) in [6.07, 6.45) is -0.900. The molecule has 0 aliphatic rings. The minimum absolute atomic E-state index is 0.280. The Balaban J connectivity index is 1.76. The van der Waals surface area contributed by atoms with E-state index in [1.54, 1.807) is 18.2 Å². The van der Waals surface area contributed by atoms with Gasteiger partial charge in [0, 0.05) is 11.6 Å². The van der Waals surface area contributed by atoms with Crippen molar-refractivity contribution in [3.8, 4) is 5.75 Å². The highest BCUT2D eigenvalue weighted by molar-refractivity contribution is 6.30. The normalized spacial score (nSPS) is 11.5. The second-order valence-electron chi connectivity index (χ2n) is 6.03. The van der Waals surface area contributed by atoms with E-state index < -0.39 is 12.1 Å². The van der Waals surface area contributed by atoms with Gasteiger partial charge in [-0.3, -0.25) is 4.79 Å². The zero-order chi connectivity index (χ0) is 19.1. The molecule has 5 nitrogen and oxygen atoms in total. The van der Waals surface area contributed by atoms with E-state index in [0.29, 0.717) is 17.3 Å². The maximum absolute atomic E-state index is 12.0. The zero-order valence-corrected chi connectivity index (χ0v) is 15.8. The molecule has 0 radical (unpaired) electrons. The SMILES string of the molecule is Cc1ccc(CNC(=O)C(C)OC(=O)COc2ccc(Cl)cc2C)cc1. The predicted octanol–water partition coefficient (Wildman–Crippen LogP) is 3.58. The molecule has 26 heavy (non-hydrogen) atoms. The molecular formula is C20H22ClNO4.